The van der Waals surface area contributed by atoms with E-state index in [0.717, 1.165) is 12.1 Å². The van der Waals surface area contributed by atoms with E-state index in [1.165, 1.54) is 6.07 Å². The van der Waals surface area contributed by atoms with Gasteiger partial charge in [-0.2, -0.15) is 0 Å². The number of carbonyl (C=O) groups is 1. The first-order chi connectivity index (χ1) is 8.39. The summed E-state index contributed by atoms with van der Waals surface area (Å²) in [6.45, 7) is 2.50. The Bertz CT molecular complexity index is 454. The van der Waals surface area contributed by atoms with Crippen LogP contribution in [0.2, 0.25) is 0 Å². The lowest BCUT2D eigenvalue weighted by molar-refractivity contribution is 0.0668. The van der Waals surface area contributed by atoms with Crippen LogP contribution in [0.1, 0.15) is 23.7 Å². The standard InChI is InChI=1S/C13H15F2NO2/c1-13(18)5-6-16(8-13)7-11(17)12-9(14)3-2-4-10(12)15/h2-4,18H,5-8H2,1H3. The minimum atomic E-state index is -0.842. The Morgan fingerprint density at radius 1 is 1.44 bits per heavy atom. The van der Waals surface area contributed by atoms with E-state index in [4.69, 9.17) is 0 Å². The zero-order valence-electron chi connectivity index (χ0n) is 10.1. The van der Waals surface area contributed by atoms with E-state index < -0.39 is 28.6 Å². The molecule has 0 aliphatic carbocycles. The normalized spacial score (nSPS) is 24.4. The number of β-amino-alcohol motifs (C(OH)–C–C–N with tert-alkyl or cyclic N) is 1. The molecule has 0 bridgehead atoms. The molecule has 98 valence electrons. The first-order valence-corrected chi connectivity index (χ1v) is 5.81. The fourth-order valence-electron chi connectivity index (χ4n) is 2.22. The molecule has 1 aliphatic heterocycles. The Morgan fingerprint density at radius 2 is 2.06 bits per heavy atom. The molecule has 0 saturated carbocycles. The zero-order valence-corrected chi connectivity index (χ0v) is 10.1. The quantitative estimate of drug-likeness (QED) is 0.834. The molecule has 0 aromatic heterocycles. The number of ketones is 1. The van der Waals surface area contributed by atoms with Crippen LogP contribution in [0.3, 0.4) is 0 Å². The fourth-order valence-corrected chi connectivity index (χ4v) is 2.22. The number of halogens is 2. The Morgan fingerprint density at radius 3 is 2.56 bits per heavy atom. The summed E-state index contributed by atoms with van der Waals surface area (Å²) < 4.78 is 26.8. The van der Waals surface area contributed by atoms with Gasteiger partial charge in [-0.15, -0.1) is 0 Å². The van der Waals surface area contributed by atoms with Gasteiger partial charge in [0.05, 0.1) is 17.7 Å². The third kappa shape index (κ3) is 2.73. The summed E-state index contributed by atoms with van der Waals surface area (Å²) in [6.07, 6.45) is 0.556. The summed E-state index contributed by atoms with van der Waals surface area (Å²) in [5.41, 5.74) is -1.32. The number of aliphatic hydroxyl groups is 1. The number of likely N-dealkylation sites (tertiary alicyclic amines) is 1. The monoisotopic (exact) mass is 255 g/mol. The Hall–Kier alpha value is -1.33. The van der Waals surface area contributed by atoms with Crippen LogP contribution in [0.5, 0.6) is 0 Å². The van der Waals surface area contributed by atoms with Crippen molar-refractivity contribution in [2.75, 3.05) is 19.6 Å². The molecule has 0 amide bonds. The predicted molar refractivity (Wildman–Crippen MR) is 62.4 cm³/mol. The molecule has 0 radical (unpaired) electrons. The molecule has 1 N–H and O–H groups in total. The van der Waals surface area contributed by atoms with Crippen LogP contribution in [0.25, 0.3) is 0 Å². The largest absolute Gasteiger partial charge is 0.389 e. The molecule has 1 fully saturated rings. The average molecular weight is 255 g/mol. The van der Waals surface area contributed by atoms with Gasteiger partial charge in [-0.05, 0) is 25.5 Å². The summed E-state index contributed by atoms with van der Waals surface area (Å²) in [5.74, 6) is -2.28. The summed E-state index contributed by atoms with van der Waals surface area (Å²) in [5, 5.41) is 9.76. The lowest BCUT2D eigenvalue weighted by atomic mass is 10.1. The summed E-state index contributed by atoms with van der Waals surface area (Å²) in [4.78, 5) is 13.6. The maximum atomic E-state index is 13.4. The van der Waals surface area contributed by atoms with E-state index in [0.29, 0.717) is 19.5 Å². The molecular weight excluding hydrogens is 240 g/mol. The SMILES string of the molecule is CC1(O)CCN(CC(=O)c2c(F)cccc2F)C1. The zero-order chi connectivity index (χ0) is 13.3. The highest BCUT2D eigenvalue weighted by atomic mass is 19.1. The molecule has 5 heteroatoms. The molecule has 3 nitrogen and oxygen atoms in total. The van der Waals surface area contributed by atoms with Gasteiger partial charge in [0.1, 0.15) is 11.6 Å². The number of benzene rings is 1. The van der Waals surface area contributed by atoms with E-state index in [9.17, 15) is 18.7 Å². The van der Waals surface area contributed by atoms with Crippen molar-refractivity contribution in [3.8, 4) is 0 Å². The number of hydrogen-bond donors (Lipinski definition) is 1. The van der Waals surface area contributed by atoms with Crippen molar-refractivity contribution < 1.29 is 18.7 Å². The van der Waals surface area contributed by atoms with Gasteiger partial charge in [0.15, 0.2) is 5.78 Å². The second-order valence-corrected chi connectivity index (χ2v) is 4.98. The molecule has 1 aromatic carbocycles. The van der Waals surface area contributed by atoms with Crippen LogP contribution in [-0.2, 0) is 0 Å². The van der Waals surface area contributed by atoms with Crippen molar-refractivity contribution in [3.05, 3.63) is 35.4 Å². The summed E-state index contributed by atoms with van der Waals surface area (Å²) in [7, 11) is 0. The Balaban J connectivity index is 2.09. The molecule has 0 spiro atoms. The smallest absolute Gasteiger partial charge is 0.182 e. The van der Waals surface area contributed by atoms with Crippen LogP contribution in [-0.4, -0.2) is 41.0 Å². The highest BCUT2D eigenvalue weighted by molar-refractivity contribution is 5.98. The first-order valence-electron chi connectivity index (χ1n) is 5.81. The summed E-state index contributed by atoms with van der Waals surface area (Å²) in [6, 6.07) is 3.36. The molecule has 18 heavy (non-hydrogen) atoms. The second-order valence-electron chi connectivity index (χ2n) is 4.98. The van der Waals surface area contributed by atoms with Crippen molar-refractivity contribution >= 4 is 5.78 Å². The van der Waals surface area contributed by atoms with Crippen LogP contribution >= 0.6 is 0 Å². The van der Waals surface area contributed by atoms with Gasteiger partial charge < -0.3 is 5.11 Å². The fraction of sp³-hybridized carbons (Fsp3) is 0.462. The van der Waals surface area contributed by atoms with E-state index in [1.54, 1.807) is 11.8 Å². The summed E-state index contributed by atoms with van der Waals surface area (Å²) >= 11 is 0. The van der Waals surface area contributed by atoms with Crippen LogP contribution in [0.15, 0.2) is 18.2 Å². The number of rotatable bonds is 3. The van der Waals surface area contributed by atoms with E-state index in [2.05, 4.69) is 0 Å². The van der Waals surface area contributed by atoms with E-state index in [1.807, 2.05) is 0 Å². The van der Waals surface area contributed by atoms with E-state index in [-0.39, 0.29) is 6.54 Å². The highest BCUT2D eigenvalue weighted by Gasteiger charge is 2.32. The first kappa shape index (κ1) is 13.1. The van der Waals surface area contributed by atoms with E-state index >= 15 is 0 Å². The van der Waals surface area contributed by atoms with Crippen LogP contribution in [0.4, 0.5) is 8.78 Å². The lowest BCUT2D eigenvalue weighted by Crippen LogP contribution is -2.33. The van der Waals surface area contributed by atoms with Gasteiger partial charge in [-0.1, -0.05) is 6.07 Å². The minimum Gasteiger partial charge on any atom is -0.389 e. The Labute approximate surface area is 104 Å². The number of hydrogen-bond acceptors (Lipinski definition) is 3. The molecular formula is C13H15F2NO2. The van der Waals surface area contributed by atoms with Gasteiger partial charge >= 0.3 is 0 Å². The Kier molecular flexibility index (Phi) is 3.45. The molecule has 1 aliphatic rings. The minimum absolute atomic E-state index is 0.0754. The number of nitrogens with zero attached hydrogens (tertiary/aromatic N) is 1. The van der Waals surface area contributed by atoms with Gasteiger partial charge in [0.25, 0.3) is 0 Å². The number of carbonyl (C=O) groups excluding carboxylic acids is 1. The third-order valence-corrected chi connectivity index (χ3v) is 3.14. The van der Waals surface area contributed by atoms with Crippen LogP contribution in [0, 0.1) is 11.6 Å². The molecule has 1 atom stereocenters. The van der Waals surface area contributed by atoms with Crippen molar-refractivity contribution in [1.29, 1.82) is 0 Å². The molecule has 1 aromatic rings. The van der Waals surface area contributed by atoms with Crippen LogP contribution < -0.4 is 0 Å². The van der Waals surface area contributed by atoms with Gasteiger partial charge in [-0.3, -0.25) is 9.69 Å². The van der Waals surface area contributed by atoms with Crippen molar-refractivity contribution in [2.45, 2.75) is 18.9 Å². The lowest BCUT2D eigenvalue weighted by Gasteiger charge is -2.18. The maximum absolute atomic E-state index is 13.4. The second kappa shape index (κ2) is 4.74. The maximum Gasteiger partial charge on any atom is 0.182 e. The van der Waals surface area contributed by atoms with Crippen molar-refractivity contribution in [1.82, 2.24) is 4.90 Å². The molecule has 1 saturated heterocycles. The number of Topliss-reactive ketones (excluding diaryl/α,β-unsaturated/α-hetero) is 1. The van der Waals surface area contributed by atoms with Crippen molar-refractivity contribution in [3.63, 3.8) is 0 Å². The third-order valence-electron chi connectivity index (χ3n) is 3.14. The predicted octanol–water partition coefficient (Wildman–Crippen LogP) is 1.60. The van der Waals surface area contributed by atoms with Gasteiger partial charge in [0, 0.05) is 13.1 Å². The average Bonchev–Trinajstić information content (AvgIpc) is 2.57. The van der Waals surface area contributed by atoms with Crippen molar-refractivity contribution in [2.24, 2.45) is 0 Å². The van der Waals surface area contributed by atoms with Gasteiger partial charge in [-0.25, -0.2) is 8.78 Å². The molecule has 1 unspecified atom stereocenters. The topological polar surface area (TPSA) is 40.5 Å². The molecule has 1 heterocycles. The highest BCUT2D eigenvalue weighted by Crippen LogP contribution is 2.21. The van der Waals surface area contributed by atoms with Gasteiger partial charge in [0.2, 0.25) is 0 Å². The molecule has 2 rings (SSSR count).